The van der Waals surface area contributed by atoms with Gasteiger partial charge >= 0.3 is 12.4 Å². The number of nitrogens with zero attached hydrogens (tertiary/aromatic N) is 5. The number of halogens is 3. The molecule has 1 aliphatic heterocycles. The SMILES string of the molecule is Cc1ccc(C(C)C)c(N2CCS/C2=N\C(=O)NCc2ccc(-c3ncn(-c4ccc(OC(F)(F)F)cc4)n3)cc2)c1. The van der Waals surface area contributed by atoms with Crippen molar-refractivity contribution in [3.05, 3.63) is 89.7 Å². The summed E-state index contributed by atoms with van der Waals surface area (Å²) in [6.45, 7) is 7.48. The summed E-state index contributed by atoms with van der Waals surface area (Å²) < 4.78 is 42.5. The first-order valence-electron chi connectivity index (χ1n) is 13.3. The Labute approximate surface area is 245 Å². The average molecular weight is 595 g/mol. The van der Waals surface area contributed by atoms with E-state index >= 15 is 0 Å². The Hall–Kier alpha value is -4.32. The molecule has 2 amide bonds. The lowest BCUT2D eigenvalue weighted by Gasteiger charge is -2.23. The number of amidine groups is 1. The first kappa shape index (κ1) is 29.2. The number of carbonyl (C=O) groups excluding carboxylic acids is 1. The Morgan fingerprint density at radius 1 is 1.10 bits per heavy atom. The molecule has 8 nitrogen and oxygen atoms in total. The summed E-state index contributed by atoms with van der Waals surface area (Å²) in [6, 6.07) is 18.8. The molecule has 0 aliphatic carbocycles. The molecule has 5 rings (SSSR count). The zero-order valence-electron chi connectivity index (χ0n) is 23.2. The lowest BCUT2D eigenvalue weighted by atomic mass is 9.99. The summed E-state index contributed by atoms with van der Waals surface area (Å²) in [5.74, 6) is 1.34. The Morgan fingerprint density at radius 2 is 1.83 bits per heavy atom. The fourth-order valence-electron chi connectivity index (χ4n) is 4.49. The first-order valence-corrected chi connectivity index (χ1v) is 14.3. The number of thioether (sulfide) groups is 1. The van der Waals surface area contributed by atoms with E-state index in [9.17, 15) is 18.0 Å². The standard InChI is InChI=1S/C30H29F3N6O2S/c1-19(2)25-13-4-20(3)16-26(25)38-14-15-42-29(38)36-28(40)34-17-21-5-7-22(8-6-21)27-35-18-39(37-27)23-9-11-24(12-10-23)41-30(31,32)33/h4-13,16,18-19H,14-15,17H2,1-3H3,(H,34,40)/b36-29-. The van der Waals surface area contributed by atoms with Crippen molar-refractivity contribution in [2.75, 3.05) is 17.2 Å². The van der Waals surface area contributed by atoms with E-state index in [4.69, 9.17) is 0 Å². The number of aliphatic imine (C=N–C) groups is 1. The Morgan fingerprint density at radius 3 is 2.52 bits per heavy atom. The molecule has 1 aromatic heterocycles. The Kier molecular flexibility index (Phi) is 8.53. The van der Waals surface area contributed by atoms with Crippen molar-refractivity contribution < 1.29 is 22.7 Å². The molecule has 218 valence electrons. The fourth-order valence-corrected chi connectivity index (χ4v) is 5.44. The van der Waals surface area contributed by atoms with Gasteiger partial charge < -0.3 is 15.0 Å². The molecule has 1 aliphatic rings. The monoisotopic (exact) mass is 594 g/mol. The molecule has 1 N–H and O–H groups in total. The van der Waals surface area contributed by atoms with Gasteiger partial charge in [-0.1, -0.05) is 62.0 Å². The number of anilines is 1. The number of urea groups is 1. The van der Waals surface area contributed by atoms with Gasteiger partial charge in [-0.05, 0) is 59.9 Å². The van der Waals surface area contributed by atoms with Crippen LogP contribution < -0.4 is 15.0 Å². The number of nitrogens with one attached hydrogen (secondary N) is 1. The minimum atomic E-state index is -4.75. The molecule has 12 heteroatoms. The smallest absolute Gasteiger partial charge is 0.406 e. The molecule has 2 heterocycles. The molecular weight excluding hydrogens is 565 g/mol. The number of alkyl halides is 3. The van der Waals surface area contributed by atoms with Crippen molar-refractivity contribution in [2.45, 2.75) is 39.6 Å². The summed E-state index contributed by atoms with van der Waals surface area (Å²) in [7, 11) is 0. The topological polar surface area (TPSA) is 84.6 Å². The van der Waals surface area contributed by atoms with Gasteiger partial charge in [0.25, 0.3) is 0 Å². The van der Waals surface area contributed by atoms with Gasteiger partial charge in [0, 0.05) is 30.1 Å². The summed E-state index contributed by atoms with van der Waals surface area (Å²) >= 11 is 1.57. The van der Waals surface area contributed by atoms with Gasteiger partial charge in [-0.15, -0.1) is 18.3 Å². The maximum absolute atomic E-state index is 12.7. The minimum Gasteiger partial charge on any atom is -0.406 e. The molecule has 0 atom stereocenters. The average Bonchev–Trinajstić information content (AvgIpc) is 3.62. The number of hydrogen-bond donors (Lipinski definition) is 1. The van der Waals surface area contributed by atoms with Crippen molar-refractivity contribution in [3.8, 4) is 22.8 Å². The van der Waals surface area contributed by atoms with Gasteiger partial charge in [0.1, 0.15) is 12.1 Å². The summed E-state index contributed by atoms with van der Waals surface area (Å²) in [5.41, 5.74) is 5.65. The molecule has 0 spiro atoms. The van der Waals surface area contributed by atoms with Crippen molar-refractivity contribution in [1.82, 2.24) is 20.1 Å². The molecule has 0 saturated carbocycles. The number of amides is 2. The lowest BCUT2D eigenvalue weighted by molar-refractivity contribution is -0.274. The molecule has 0 radical (unpaired) electrons. The highest BCUT2D eigenvalue weighted by atomic mass is 32.2. The summed E-state index contributed by atoms with van der Waals surface area (Å²) in [5, 5.41) is 7.98. The van der Waals surface area contributed by atoms with Crippen LogP contribution >= 0.6 is 11.8 Å². The van der Waals surface area contributed by atoms with Crippen LogP contribution in [0.2, 0.25) is 0 Å². The van der Waals surface area contributed by atoms with Crippen LogP contribution in [0.4, 0.5) is 23.7 Å². The fraction of sp³-hybridized carbons (Fsp3) is 0.267. The van der Waals surface area contributed by atoms with Crippen molar-refractivity contribution >= 4 is 28.6 Å². The highest BCUT2D eigenvalue weighted by molar-refractivity contribution is 8.14. The number of carbonyl (C=O) groups is 1. The molecular formula is C30H29F3N6O2S. The maximum atomic E-state index is 12.7. The molecule has 42 heavy (non-hydrogen) atoms. The van der Waals surface area contributed by atoms with Gasteiger partial charge in [0.15, 0.2) is 11.0 Å². The van der Waals surface area contributed by atoms with E-state index < -0.39 is 12.4 Å². The highest BCUT2D eigenvalue weighted by Crippen LogP contribution is 2.33. The van der Waals surface area contributed by atoms with Crippen LogP contribution in [0.25, 0.3) is 17.1 Å². The summed E-state index contributed by atoms with van der Waals surface area (Å²) in [4.78, 5) is 23.5. The minimum absolute atomic E-state index is 0.302. The third-order valence-corrected chi connectivity index (χ3v) is 7.51. The third kappa shape index (κ3) is 7.11. The molecule has 4 aromatic rings. The molecule has 3 aromatic carbocycles. The van der Waals surface area contributed by atoms with E-state index in [0.29, 0.717) is 29.1 Å². The Bertz CT molecular complexity index is 1580. The lowest BCUT2D eigenvalue weighted by Crippen LogP contribution is -2.28. The van der Waals surface area contributed by atoms with Crippen molar-refractivity contribution in [2.24, 2.45) is 4.99 Å². The number of aromatic nitrogens is 3. The van der Waals surface area contributed by atoms with Gasteiger partial charge in [0.05, 0.1) is 5.69 Å². The number of aryl methyl sites for hydroxylation is 1. The van der Waals surface area contributed by atoms with Crippen LogP contribution in [-0.2, 0) is 6.54 Å². The molecule has 1 saturated heterocycles. The van der Waals surface area contributed by atoms with Gasteiger partial charge in [-0.3, -0.25) is 0 Å². The van der Waals surface area contributed by atoms with Gasteiger partial charge in [-0.25, -0.2) is 14.5 Å². The van der Waals surface area contributed by atoms with Crippen LogP contribution in [0.1, 0.15) is 36.5 Å². The molecule has 0 unspecified atom stereocenters. The van der Waals surface area contributed by atoms with Gasteiger partial charge in [0.2, 0.25) is 0 Å². The van der Waals surface area contributed by atoms with Crippen LogP contribution in [-0.4, -0.2) is 44.6 Å². The predicted molar refractivity (Wildman–Crippen MR) is 158 cm³/mol. The second-order valence-corrected chi connectivity index (χ2v) is 11.1. The number of benzene rings is 3. The number of rotatable bonds is 7. The van der Waals surface area contributed by atoms with Crippen molar-refractivity contribution in [3.63, 3.8) is 0 Å². The van der Waals surface area contributed by atoms with Crippen molar-refractivity contribution in [1.29, 1.82) is 0 Å². The first-order chi connectivity index (χ1) is 20.1. The van der Waals surface area contributed by atoms with E-state index in [1.807, 2.05) is 24.3 Å². The van der Waals surface area contributed by atoms with Crippen LogP contribution in [0.15, 0.2) is 78.0 Å². The second kappa shape index (κ2) is 12.3. The van der Waals surface area contributed by atoms with E-state index in [1.165, 1.54) is 40.8 Å². The van der Waals surface area contributed by atoms with E-state index in [-0.39, 0.29) is 5.75 Å². The van der Waals surface area contributed by atoms with Gasteiger partial charge in [-0.2, -0.15) is 4.99 Å². The largest absolute Gasteiger partial charge is 0.573 e. The van der Waals surface area contributed by atoms with Crippen LogP contribution in [0.3, 0.4) is 0 Å². The zero-order valence-corrected chi connectivity index (χ0v) is 24.0. The number of ether oxygens (including phenoxy) is 1. The Balaban J connectivity index is 1.20. The third-order valence-electron chi connectivity index (χ3n) is 6.56. The molecule has 0 bridgehead atoms. The highest BCUT2D eigenvalue weighted by Gasteiger charge is 2.31. The zero-order chi connectivity index (χ0) is 29.9. The predicted octanol–water partition coefficient (Wildman–Crippen LogP) is 7.08. The summed E-state index contributed by atoms with van der Waals surface area (Å²) in [6.07, 6.45) is -3.27. The van der Waals surface area contributed by atoms with E-state index in [1.54, 1.807) is 11.8 Å². The number of hydrogen-bond acceptors (Lipinski definition) is 5. The second-order valence-electron chi connectivity index (χ2n) is 10.0. The van der Waals surface area contributed by atoms with Crippen LogP contribution in [0, 0.1) is 6.92 Å². The van der Waals surface area contributed by atoms with Crippen LogP contribution in [0.5, 0.6) is 5.75 Å². The normalized spacial score (nSPS) is 14.5. The van der Waals surface area contributed by atoms with E-state index in [0.717, 1.165) is 34.7 Å². The van der Waals surface area contributed by atoms with E-state index in [2.05, 4.69) is 69.0 Å². The molecule has 1 fully saturated rings. The maximum Gasteiger partial charge on any atom is 0.573 e. The quantitative estimate of drug-likeness (QED) is 0.246.